The molecule has 0 heterocycles. The maximum atomic E-state index is 15.0. The molecule has 0 atom stereocenters. The highest BCUT2D eigenvalue weighted by molar-refractivity contribution is 5.85. The summed E-state index contributed by atoms with van der Waals surface area (Å²) in [5.74, 6) is -0.736. The van der Waals surface area contributed by atoms with Crippen LogP contribution in [0.4, 0.5) is 13.2 Å². The van der Waals surface area contributed by atoms with E-state index in [-0.39, 0.29) is 5.82 Å². The Morgan fingerprint density at radius 1 is 1.00 bits per heavy atom. The Labute approximate surface area is 169 Å². The topological polar surface area (TPSA) is 23.8 Å². The van der Waals surface area contributed by atoms with Gasteiger partial charge in [0.2, 0.25) is 0 Å². The number of halogens is 3. The molecule has 1 nitrogen and oxygen atoms in total. The maximum absolute atomic E-state index is 15.0. The summed E-state index contributed by atoms with van der Waals surface area (Å²) in [5.41, 5.74) is 2.45. The van der Waals surface area contributed by atoms with E-state index in [0.717, 1.165) is 29.9 Å². The summed E-state index contributed by atoms with van der Waals surface area (Å²) in [6.45, 7) is 2.23. The fourth-order valence-corrected chi connectivity index (χ4v) is 4.85. The molecule has 2 aromatic rings. The molecule has 4 heteroatoms. The van der Waals surface area contributed by atoms with Crippen LogP contribution in [-0.2, 0) is 6.42 Å². The molecule has 2 aliphatic rings. The minimum atomic E-state index is -0.875. The minimum absolute atomic E-state index is 0.274. The van der Waals surface area contributed by atoms with Crippen molar-refractivity contribution >= 4 is 11.6 Å². The van der Waals surface area contributed by atoms with E-state index in [2.05, 4.69) is 6.92 Å². The van der Waals surface area contributed by atoms with Crippen molar-refractivity contribution in [2.45, 2.75) is 57.8 Å². The van der Waals surface area contributed by atoms with Crippen molar-refractivity contribution in [3.63, 3.8) is 0 Å². The number of nitriles is 1. The van der Waals surface area contributed by atoms with E-state index >= 15 is 0 Å². The molecule has 1 saturated carbocycles. The lowest BCUT2D eigenvalue weighted by molar-refractivity contribution is 0.318. The smallest absolute Gasteiger partial charge is 0.147 e. The molecule has 4 rings (SSSR count). The van der Waals surface area contributed by atoms with Gasteiger partial charge in [-0.2, -0.15) is 5.26 Å². The fraction of sp³-hybridized carbons (Fsp3) is 0.400. The van der Waals surface area contributed by atoms with Gasteiger partial charge in [0.25, 0.3) is 0 Å². The lowest BCUT2D eigenvalue weighted by atomic mass is 9.77. The van der Waals surface area contributed by atoms with E-state index in [4.69, 9.17) is 5.26 Å². The number of hydrogen-bond acceptors (Lipinski definition) is 1. The van der Waals surface area contributed by atoms with Crippen LogP contribution in [0.2, 0.25) is 0 Å². The van der Waals surface area contributed by atoms with Gasteiger partial charge >= 0.3 is 0 Å². The second-order valence-corrected chi connectivity index (χ2v) is 8.26. The van der Waals surface area contributed by atoms with Gasteiger partial charge in [0.15, 0.2) is 0 Å². The molecule has 0 bridgehead atoms. The van der Waals surface area contributed by atoms with Gasteiger partial charge in [-0.3, -0.25) is 0 Å². The molecule has 2 aromatic carbocycles. The number of rotatable bonds is 3. The highest BCUT2D eigenvalue weighted by Gasteiger charge is 2.24. The normalized spacial score (nSPS) is 21.3. The molecule has 1 fully saturated rings. The Morgan fingerprint density at radius 2 is 1.76 bits per heavy atom. The van der Waals surface area contributed by atoms with E-state index < -0.39 is 17.2 Å². The average molecular weight is 395 g/mol. The van der Waals surface area contributed by atoms with Crippen LogP contribution in [0.3, 0.4) is 0 Å². The number of nitrogens with zero attached hydrogens (tertiary/aromatic N) is 1. The number of fused-ring (bicyclic) bond motifs is 1. The third kappa shape index (κ3) is 3.71. The molecule has 0 amide bonds. The van der Waals surface area contributed by atoms with Crippen molar-refractivity contribution in [1.82, 2.24) is 0 Å². The van der Waals surface area contributed by atoms with Crippen molar-refractivity contribution in [1.29, 1.82) is 5.26 Å². The van der Waals surface area contributed by atoms with Crippen molar-refractivity contribution in [3.05, 3.63) is 69.5 Å². The van der Waals surface area contributed by atoms with Gasteiger partial charge in [0.1, 0.15) is 29.1 Å². The van der Waals surface area contributed by atoms with Gasteiger partial charge in [0, 0.05) is 5.56 Å². The van der Waals surface area contributed by atoms with Gasteiger partial charge < -0.3 is 0 Å². The summed E-state index contributed by atoms with van der Waals surface area (Å²) in [4.78, 5) is 0. The van der Waals surface area contributed by atoms with Gasteiger partial charge in [-0.25, -0.2) is 13.2 Å². The van der Waals surface area contributed by atoms with E-state index in [9.17, 15) is 13.2 Å². The van der Waals surface area contributed by atoms with Crippen LogP contribution >= 0.6 is 0 Å². The number of benzene rings is 2. The van der Waals surface area contributed by atoms with Crippen molar-refractivity contribution in [3.8, 4) is 6.07 Å². The van der Waals surface area contributed by atoms with Crippen molar-refractivity contribution < 1.29 is 13.2 Å². The largest absolute Gasteiger partial charge is 0.206 e. The van der Waals surface area contributed by atoms with Gasteiger partial charge in [-0.05, 0) is 84.8 Å². The highest BCUT2D eigenvalue weighted by Crippen LogP contribution is 2.39. The molecular formula is C25H24F3N. The lowest BCUT2D eigenvalue weighted by Gasteiger charge is -2.28. The second-order valence-electron chi connectivity index (χ2n) is 8.26. The van der Waals surface area contributed by atoms with E-state index in [1.165, 1.54) is 25.3 Å². The first-order valence-corrected chi connectivity index (χ1v) is 10.4. The number of allylic oxidation sites excluding steroid dienone is 1. The minimum Gasteiger partial charge on any atom is -0.206 e. The van der Waals surface area contributed by atoms with Crippen LogP contribution in [0.1, 0.15) is 79.2 Å². The van der Waals surface area contributed by atoms with Gasteiger partial charge in [-0.1, -0.05) is 31.6 Å². The zero-order chi connectivity index (χ0) is 20.5. The van der Waals surface area contributed by atoms with Crippen LogP contribution in [-0.4, -0.2) is 0 Å². The van der Waals surface area contributed by atoms with Gasteiger partial charge in [-0.15, -0.1) is 0 Å². The highest BCUT2D eigenvalue weighted by atomic mass is 19.1. The molecule has 0 aromatic heterocycles. The third-order valence-corrected chi connectivity index (χ3v) is 6.67. The zero-order valence-corrected chi connectivity index (χ0v) is 16.6. The first-order valence-electron chi connectivity index (χ1n) is 10.4. The fourth-order valence-electron chi connectivity index (χ4n) is 4.85. The summed E-state index contributed by atoms with van der Waals surface area (Å²) < 4.78 is 43.3. The summed E-state index contributed by atoms with van der Waals surface area (Å²) in [6, 6.07) is 8.21. The Bertz CT molecular complexity index is 1010. The van der Waals surface area contributed by atoms with Crippen LogP contribution in [0.15, 0.2) is 24.3 Å². The molecule has 0 radical (unpaired) electrons. The van der Waals surface area contributed by atoms with E-state index in [1.807, 2.05) is 12.1 Å². The molecule has 2 aliphatic carbocycles. The number of hydrogen-bond donors (Lipinski definition) is 0. The van der Waals surface area contributed by atoms with Crippen molar-refractivity contribution in [2.24, 2.45) is 5.92 Å². The summed E-state index contributed by atoms with van der Waals surface area (Å²) in [6.07, 6.45) is 8.26. The maximum Gasteiger partial charge on any atom is 0.147 e. The summed E-state index contributed by atoms with van der Waals surface area (Å²) >= 11 is 0. The van der Waals surface area contributed by atoms with Crippen LogP contribution in [0.25, 0.3) is 11.6 Å². The van der Waals surface area contributed by atoms with Gasteiger partial charge in [0.05, 0.1) is 0 Å². The second kappa shape index (κ2) is 8.06. The molecule has 0 N–H and O–H groups in total. The summed E-state index contributed by atoms with van der Waals surface area (Å²) in [7, 11) is 0. The predicted molar refractivity (Wildman–Crippen MR) is 109 cm³/mol. The SMILES string of the molecule is CCC1CCC(c2ccc(C3=Cc4cc(F)c(C#N)c(F)c4CC3)c(F)c2)CC1. The first kappa shape index (κ1) is 19.8. The molecule has 0 saturated heterocycles. The molecular weight excluding hydrogens is 371 g/mol. The third-order valence-electron chi connectivity index (χ3n) is 6.67. The van der Waals surface area contributed by atoms with Crippen LogP contribution in [0, 0.1) is 34.7 Å². The molecule has 29 heavy (non-hydrogen) atoms. The Hall–Kier alpha value is -2.54. The van der Waals surface area contributed by atoms with E-state index in [1.54, 1.807) is 18.2 Å². The van der Waals surface area contributed by atoms with Crippen LogP contribution < -0.4 is 0 Å². The monoisotopic (exact) mass is 395 g/mol. The first-order chi connectivity index (χ1) is 14.0. The Morgan fingerprint density at radius 3 is 2.41 bits per heavy atom. The molecule has 0 aliphatic heterocycles. The zero-order valence-electron chi connectivity index (χ0n) is 16.6. The standard InChI is InChI=1S/C25H24F3N/c1-2-15-3-5-16(6-4-15)17-7-9-20(23(26)12-17)18-8-10-21-19(11-18)13-24(27)22(14-29)25(21)28/h7,9,11-13,15-16H,2-6,8,10H2,1H3. The average Bonchev–Trinajstić information content (AvgIpc) is 2.73. The van der Waals surface area contributed by atoms with Crippen molar-refractivity contribution in [2.75, 3.05) is 0 Å². The molecule has 0 spiro atoms. The van der Waals surface area contributed by atoms with E-state index in [0.29, 0.717) is 35.4 Å². The molecule has 150 valence electrons. The lowest BCUT2D eigenvalue weighted by Crippen LogP contribution is -2.13. The quantitative estimate of drug-likeness (QED) is 0.541. The van der Waals surface area contributed by atoms with Crippen LogP contribution in [0.5, 0.6) is 0 Å². The Kier molecular flexibility index (Phi) is 5.50. The summed E-state index contributed by atoms with van der Waals surface area (Å²) in [5, 5.41) is 8.93. The predicted octanol–water partition coefficient (Wildman–Crippen LogP) is 7.15. The molecule has 0 unspecified atom stereocenters. The Balaban J connectivity index is 1.61.